The van der Waals surface area contributed by atoms with Crippen LogP contribution in [0, 0.1) is 6.92 Å². The summed E-state index contributed by atoms with van der Waals surface area (Å²) in [7, 11) is 0. The van der Waals surface area contributed by atoms with Gasteiger partial charge in [0.25, 0.3) is 0 Å². The van der Waals surface area contributed by atoms with E-state index >= 15 is 0 Å². The van der Waals surface area contributed by atoms with E-state index in [1.165, 1.54) is 24.1 Å². The summed E-state index contributed by atoms with van der Waals surface area (Å²) < 4.78 is 0. The van der Waals surface area contributed by atoms with Crippen LogP contribution in [0.1, 0.15) is 36.8 Å². The van der Waals surface area contributed by atoms with Gasteiger partial charge in [0.1, 0.15) is 0 Å². The first-order chi connectivity index (χ1) is 14.1. The maximum atomic E-state index is 12.7. The lowest BCUT2D eigenvalue weighted by Gasteiger charge is -2.24. The van der Waals surface area contributed by atoms with E-state index in [1.807, 2.05) is 24.3 Å². The number of hydrogen-bond donors (Lipinski definition) is 1. The van der Waals surface area contributed by atoms with Crippen LogP contribution in [-0.2, 0) is 11.2 Å². The normalized spacial score (nSPS) is 19.7. The first-order valence-electron chi connectivity index (χ1n) is 10.7. The summed E-state index contributed by atoms with van der Waals surface area (Å²) in [6, 6.07) is 14.8. The highest BCUT2D eigenvalue weighted by atomic mass is 35.5. The molecular weight excluding hydrogens is 382 g/mol. The van der Waals surface area contributed by atoms with Crippen LogP contribution >= 0.6 is 11.6 Å². The number of carbonyl (C=O) groups excluding carboxylic acids is 1. The molecule has 2 saturated heterocycles. The van der Waals surface area contributed by atoms with Gasteiger partial charge in [-0.2, -0.15) is 0 Å². The average Bonchev–Trinajstić information content (AvgIpc) is 3.38. The lowest BCUT2D eigenvalue weighted by molar-refractivity contribution is -0.117. The number of halogens is 1. The van der Waals surface area contributed by atoms with Gasteiger partial charge < -0.3 is 10.2 Å². The van der Waals surface area contributed by atoms with Crippen molar-refractivity contribution >= 4 is 28.9 Å². The number of nitrogens with zero attached hydrogens (tertiary/aromatic N) is 2. The summed E-state index contributed by atoms with van der Waals surface area (Å²) in [6.07, 6.45) is 5.68. The van der Waals surface area contributed by atoms with Crippen molar-refractivity contribution in [1.29, 1.82) is 0 Å². The zero-order valence-electron chi connectivity index (χ0n) is 17.2. The van der Waals surface area contributed by atoms with Crippen LogP contribution in [0.3, 0.4) is 0 Å². The van der Waals surface area contributed by atoms with Crippen LogP contribution in [0.5, 0.6) is 0 Å². The molecule has 0 bridgehead atoms. The van der Waals surface area contributed by atoms with E-state index in [9.17, 15) is 4.79 Å². The van der Waals surface area contributed by atoms with Crippen LogP contribution in [0.4, 0.5) is 11.4 Å². The summed E-state index contributed by atoms with van der Waals surface area (Å²) in [5.41, 5.74) is 4.47. The SMILES string of the molecule is Cc1cc(N2CCCC2)ccc1NC(=O)CN1CCCC1Cc1ccccc1Cl. The highest BCUT2D eigenvalue weighted by Crippen LogP contribution is 2.27. The van der Waals surface area contributed by atoms with Gasteiger partial charge >= 0.3 is 0 Å². The first-order valence-corrected chi connectivity index (χ1v) is 11.1. The van der Waals surface area contributed by atoms with Crippen LogP contribution in [0.2, 0.25) is 5.02 Å². The number of benzene rings is 2. The Labute approximate surface area is 178 Å². The molecule has 1 atom stereocenters. The number of rotatable bonds is 6. The van der Waals surface area contributed by atoms with Crippen molar-refractivity contribution in [3.63, 3.8) is 0 Å². The van der Waals surface area contributed by atoms with Crippen molar-refractivity contribution < 1.29 is 4.79 Å². The maximum absolute atomic E-state index is 12.7. The molecule has 0 radical (unpaired) electrons. The van der Waals surface area contributed by atoms with Crippen LogP contribution in [0.15, 0.2) is 42.5 Å². The van der Waals surface area contributed by atoms with Crippen molar-refractivity contribution in [1.82, 2.24) is 4.90 Å². The van der Waals surface area contributed by atoms with Gasteiger partial charge in [0.15, 0.2) is 0 Å². The summed E-state index contributed by atoms with van der Waals surface area (Å²) >= 11 is 6.34. The topological polar surface area (TPSA) is 35.6 Å². The minimum Gasteiger partial charge on any atom is -0.372 e. The number of carbonyl (C=O) groups is 1. The van der Waals surface area contributed by atoms with E-state index in [1.54, 1.807) is 0 Å². The molecule has 1 N–H and O–H groups in total. The van der Waals surface area contributed by atoms with Crippen LogP contribution < -0.4 is 10.2 Å². The molecule has 2 aliphatic rings. The molecule has 2 aromatic rings. The molecule has 0 spiro atoms. The van der Waals surface area contributed by atoms with E-state index in [-0.39, 0.29) is 5.91 Å². The Bertz CT molecular complexity index is 863. The number of amides is 1. The van der Waals surface area contributed by atoms with Crippen LogP contribution in [-0.4, -0.2) is 43.0 Å². The van der Waals surface area contributed by atoms with Crippen molar-refractivity contribution in [2.24, 2.45) is 0 Å². The summed E-state index contributed by atoms with van der Waals surface area (Å²) in [6.45, 7) is 5.74. The van der Waals surface area contributed by atoms with Crippen molar-refractivity contribution in [3.8, 4) is 0 Å². The van der Waals surface area contributed by atoms with E-state index < -0.39 is 0 Å². The van der Waals surface area contributed by atoms with Gasteiger partial charge in [-0.25, -0.2) is 0 Å². The fourth-order valence-electron chi connectivity index (χ4n) is 4.59. The van der Waals surface area contributed by atoms with Gasteiger partial charge in [-0.05, 0) is 81.0 Å². The molecule has 0 saturated carbocycles. The lowest BCUT2D eigenvalue weighted by atomic mass is 10.0. The summed E-state index contributed by atoms with van der Waals surface area (Å²) in [4.78, 5) is 17.5. The maximum Gasteiger partial charge on any atom is 0.238 e. The number of aryl methyl sites for hydroxylation is 1. The van der Waals surface area contributed by atoms with Crippen molar-refractivity contribution in [3.05, 3.63) is 58.6 Å². The van der Waals surface area contributed by atoms with E-state index in [2.05, 4.69) is 40.2 Å². The third-order valence-corrected chi connectivity index (χ3v) is 6.58. The largest absolute Gasteiger partial charge is 0.372 e. The second kappa shape index (κ2) is 9.19. The molecule has 5 heteroatoms. The number of likely N-dealkylation sites (tertiary alicyclic amines) is 1. The fraction of sp³-hybridized carbons (Fsp3) is 0.458. The highest BCUT2D eigenvalue weighted by Gasteiger charge is 2.27. The monoisotopic (exact) mass is 411 g/mol. The standard InChI is InChI=1S/C24H30ClN3O/c1-18-15-21(27-12-4-5-13-27)10-11-23(18)26-24(29)17-28-14-6-8-20(28)16-19-7-2-3-9-22(19)25/h2-3,7,9-11,15,20H,4-6,8,12-14,16-17H2,1H3,(H,26,29). The third kappa shape index (κ3) is 4.93. The van der Waals surface area contributed by atoms with Gasteiger partial charge in [0.05, 0.1) is 6.54 Å². The molecule has 2 aliphatic heterocycles. The Morgan fingerprint density at radius 3 is 2.66 bits per heavy atom. The Morgan fingerprint density at radius 2 is 1.90 bits per heavy atom. The summed E-state index contributed by atoms with van der Waals surface area (Å²) in [5.74, 6) is 0.0630. The Hall–Kier alpha value is -2.04. The molecular formula is C24H30ClN3O. The Morgan fingerprint density at radius 1 is 1.10 bits per heavy atom. The molecule has 2 aromatic carbocycles. The molecule has 1 amide bonds. The summed E-state index contributed by atoms with van der Waals surface area (Å²) in [5, 5.41) is 3.94. The molecule has 2 fully saturated rings. The smallest absolute Gasteiger partial charge is 0.238 e. The van der Waals surface area contributed by atoms with Gasteiger partial charge in [0, 0.05) is 35.5 Å². The zero-order chi connectivity index (χ0) is 20.2. The minimum absolute atomic E-state index is 0.0630. The Balaban J connectivity index is 1.35. The predicted molar refractivity (Wildman–Crippen MR) is 121 cm³/mol. The number of hydrogen-bond acceptors (Lipinski definition) is 3. The third-order valence-electron chi connectivity index (χ3n) is 6.21. The average molecular weight is 412 g/mol. The van der Waals surface area contributed by atoms with Gasteiger partial charge in [-0.15, -0.1) is 0 Å². The van der Waals surface area contributed by atoms with Gasteiger partial charge in [0.2, 0.25) is 5.91 Å². The molecule has 1 unspecified atom stereocenters. The second-order valence-corrected chi connectivity index (χ2v) is 8.71. The Kier molecular flexibility index (Phi) is 6.41. The van der Waals surface area contributed by atoms with Crippen LogP contribution in [0.25, 0.3) is 0 Å². The second-order valence-electron chi connectivity index (χ2n) is 8.30. The zero-order valence-corrected chi connectivity index (χ0v) is 17.9. The molecule has 0 aromatic heterocycles. The minimum atomic E-state index is 0.0630. The number of nitrogens with one attached hydrogen (secondary N) is 1. The number of anilines is 2. The molecule has 4 rings (SSSR count). The molecule has 2 heterocycles. The molecule has 29 heavy (non-hydrogen) atoms. The first kappa shape index (κ1) is 20.2. The van der Waals surface area contributed by atoms with Crippen molar-refractivity contribution in [2.45, 2.75) is 45.1 Å². The predicted octanol–water partition coefficient (Wildman–Crippen LogP) is 4.89. The highest BCUT2D eigenvalue weighted by molar-refractivity contribution is 6.31. The molecule has 154 valence electrons. The fourth-order valence-corrected chi connectivity index (χ4v) is 4.80. The van der Waals surface area contributed by atoms with E-state index in [0.717, 1.165) is 55.2 Å². The molecule has 4 nitrogen and oxygen atoms in total. The van der Waals surface area contributed by atoms with Gasteiger partial charge in [-0.1, -0.05) is 29.8 Å². The molecule has 0 aliphatic carbocycles. The van der Waals surface area contributed by atoms with Crippen molar-refractivity contribution in [2.75, 3.05) is 36.4 Å². The lowest BCUT2D eigenvalue weighted by Crippen LogP contribution is -2.38. The van der Waals surface area contributed by atoms with E-state index in [0.29, 0.717) is 12.6 Å². The quantitative estimate of drug-likeness (QED) is 0.734. The van der Waals surface area contributed by atoms with E-state index in [4.69, 9.17) is 11.6 Å². The van der Waals surface area contributed by atoms with Gasteiger partial charge in [-0.3, -0.25) is 9.69 Å².